The first-order valence-corrected chi connectivity index (χ1v) is 16.5. The van der Waals surface area contributed by atoms with E-state index in [9.17, 15) is 24.7 Å². The van der Waals surface area contributed by atoms with E-state index in [4.69, 9.17) is 28.8 Å². The van der Waals surface area contributed by atoms with Crippen molar-refractivity contribution < 1.29 is 24.7 Å². The van der Waals surface area contributed by atoms with Gasteiger partial charge in [-0.3, -0.25) is 14.5 Å². The number of oxime groups is 1. The van der Waals surface area contributed by atoms with Gasteiger partial charge in [0.15, 0.2) is 16.0 Å². The summed E-state index contributed by atoms with van der Waals surface area (Å²) in [5.74, 6) is -1.17. The number of nitrogens with two attached hydrogens (primary N) is 3. The SMILES string of the molecule is NCCNc1nc(CSCCN)c(SC2=C(C(=O)O)N3C(=O)[C@@H](NC(=O)/C(=N\O)c4nc(N)sc4Cl)[C@@H]3SC2)s1. The number of aromatic nitrogens is 2. The lowest BCUT2D eigenvalue weighted by Gasteiger charge is -2.49. The molecular formula is C20H24ClN9O5S5. The molecule has 0 unspecified atom stereocenters. The second-order valence-corrected chi connectivity index (χ2v) is 14.2. The number of carbonyl (C=O) groups is 3. The first kappa shape index (κ1) is 30.7. The zero-order chi connectivity index (χ0) is 29.0. The molecule has 2 amide bonds. The highest BCUT2D eigenvalue weighted by Gasteiger charge is 2.54. The van der Waals surface area contributed by atoms with E-state index in [1.54, 1.807) is 11.8 Å². The summed E-state index contributed by atoms with van der Waals surface area (Å²) in [6.45, 7) is 1.48. The van der Waals surface area contributed by atoms with Crippen LogP contribution in [-0.4, -0.2) is 91.2 Å². The number of hydrogen-bond acceptors (Lipinski definition) is 16. The molecule has 0 spiro atoms. The van der Waals surface area contributed by atoms with E-state index in [-0.39, 0.29) is 26.6 Å². The minimum Gasteiger partial charge on any atom is -0.477 e. The molecule has 20 heteroatoms. The maximum atomic E-state index is 13.1. The predicted octanol–water partition coefficient (Wildman–Crippen LogP) is 1.06. The van der Waals surface area contributed by atoms with Gasteiger partial charge in [0, 0.05) is 41.8 Å². The largest absolute Gasteiger partial charge is 0.477 e. The Hall–Kier alpha value is -2.26. The Morgan fingerprint density at radius 1 is 1.25 bits per heavy atom. The van der Waals surface area contributed by atoms with E-state index >= 15 is 0 Å². The van der Waals surface area contributed by atoms with Crippen LogP contribution in [-0.2, 0) is 20.1 Å². The summed E-state index contributed by atoms with van der Waals surface area (Å²) in [4.78, 5) is 48.4. The van der Waals surface area contributed by atoms with E-state index in [2.05, 4.69) is 25.8 Å². The number of β-lactam (4-membered cyclic amide) rings is 1. The summed E-state index contributed by atoms with van der Waals surface area (Å²) in [5, 5.41) is 28.1. The van der Waals surface area contributed by atoms with Gasteiger partial charge in [-0.1, -0.05) is 51.2 Å². The number of carbonyl (C=O) groups excluding carboxylic acids is 2. The highest BCUT2D eigenvalue weighted by atomic mass is 35.5. The van der Waals surface area contributed by atoms with Crippen molar-refractivity contribution in [1.82, 2.24) is 20.2 Å². The van der Waals surface area contributed by atoms with Crippen LogP contribution in [0.4, 0.5) is 10.3 Å². The summed E-state index contributed by atoms with van der Waals surface area (Å²) < 4.78 is 0.843. The first-order chi connectivity index (χ1) is 19.2. The van der Waals surface area contributed by atoms with Crippen LogP contribution in [0.5, 0.6) is 0 Å². The summed E-state index contributed by atoms with van der Waals surface area (Å²) in [5.41, 5.74) is 16.8. The van der Waals surface area contributed by atoms with E-state index in [0.29, 0.717) is 35.4 Å². The number of halogens is 1. The number of hydrogen-bond donors (Lipinski definition) is 7. The molecule has 40 heavy (non-hydrogen) atoms. The van der Waals surface area contributed by atoms with Gasteiger partial charge in [-0.05, 0) is 0 Å². The minimum atomic E-state index is -1.27. The van der Waals surface area contributed by atoms with Crippen LogP contribution >= 0.6 is 69.6 Å². The van der Waals surface area contributed by atoms with Crippen LogP contribution in [0.1, 0.15) is 11.4 Å². The number of anilines is 2. The molecule has 2 aliphatic rings. The standard InChI is InChI=1S/C20H24ClN9O5S5/c21-13-9(28-19(24)39-13)10(29-35)14(31)27-11-15(32)30-12(17(33)34)8(6-37-16(11)30)38-18-7(5-36-4-2-23)26-20(40-18)25-3-1-22/h11,16,35H,1-6,22-23H2,(H2,24,28)(H,25,26)(H,27,31)(H,33,34)/b29-10-/t11-,16+/m1/s1. The molecule has 4 heterocycles. The van der Waals surface area contributed by atoms with Crippen LogP contribution in [0.25, 0.3) is 0 Å². The molecule has 0 radical (unpaired) electrons. The monoisotopic (exact) mass is 665 g/mol. The molecule has 0 saturated carbocycles. The van der Waals surface area contributed by atoms with Gasteiger partial charge in [0.25, 0.3) is 11.8 Å². The van der Waals surface area contributed by atoms with Gasteiger partial charge in [0.1, 0.15) is 27.1 Å². The zero-order valence-corrected chi connectivity index (χ0v) is 25.3. The first-order valence-electron chi connectivity index (χ1n) is 11.5. The van der Waals surface area contributed by atoms with Crippen LogP contribution in [0, 0.1) is 0 Å². The second kappa shape index (κ2) is 13.6. The molecule has 1 fully saturated rings. The number of carboxylic acid groups (broad SMARTS) is 1. The number of fused-ring (bicyclic) bond motifs is 1. The molecule has 2 aromatic heterocycles. The van der Waals surface area contributed by atoms with Crippen molar-refractivity contribution in [3.05, 3.63) is 26.3 Å². The molecule has 216 valence electrons. The smallest absolute Gasteiger partial charge is 0.353 e. The second-order valence-electron chi connectivity index (χ2n) is 7.97. The Kier molecular flexibility index (Phi) is 10.4. The van der Waals surface area contributed by atoms with E-state index in [1.807, 2.05) is 0 Å². The van der Waals surface area contributed by atoms with Crippen molar-refractivity contribution in [3.63, 3.8) is 0 Å². The third-order valence-electron chi connectivity index (χ3n) is 5.36. The Morgan fingerprint density at radius 3 is 2.65 bits per heavy atom. The third-order valence-corrected chi connectivity index (χ3v) is 11.3. The number of nitrogens with one attached hydrogen (secondary N) is 2. The molecule has 4 rings (SSSR count). The average Bonchev–Trinajstić information content (AvgIpc) is 3.47. The molecule has 14 nitrogen and oxygen atoms in total. The predicted molar refractivity (Wildman–Crippen MR) is 160 cm³/mol. The molecule has 2 atom stereocenters. The van der Waals surface area contributed by atoms with Crippen molar-refractivity contribution in [2.45, 2.75) is 21.4 Å². The van der Waals surface area contributed by atoms with Crippen molar-refractivity contribution in [3.8, 4) is 0 Å². The molecule has 0 aliphatic carbocycles. The number of thiazole rings is 2. The number of thioether (sulfide) groups is 3. The molecule has 0 aromatic carbocycles. The lowest BCUT2D eigenvalue weighted by atomic mass is 10.0. The van der Waals surface area contributed by atoms with Crippen LogP contribution in [0.15, 0.2) is 20.0 Å². The maximum absolute atomic E-state index is 13.1. The molecule has 10 N–H and O–H groups in total. The lowest BCUT2D eigenvalue weighted by molar-refractivity contribution is -0.150. The maximum Gasteiger partial charge on any atom is 0.353 e. The fourth-order valence-corrected chi connectivity index (χ4v) is 9.32. The highest BCUT2D eigenvalue weighted by Crippen LogP contribution is 2.47. The number of nitrogens with zero attached hydrogens (tertiary/aromatic N) is 4. The van der Waals surface area contributed by atoms with Gasteiger partial charge < -0.3 is 38.1 Å². The van der Waals surface area contributed by atoms with Crippen molar-refractivity contribution in [2.75, 3.05) is 42.2 Å². The van der Waals surface area contributed by atoms with Gasteiger partial charge in [0.2, 0.25) is 0 Å². The van der Waals surface area contributed by atoms with Crippen LogP contribution < -0.4 is 27.8 Å². The molecule has 2 aliphatic heterocycles. The van der Waals surface area contributed by atoms with Gasteiger partial charge >= 0.3 is 5.97 Å². The van der Waals surface area contributed by atoms with Crippen molar-refractivity contribution in [2.24, 2.45) is 16.6 Å². The fraction of sp³-hybridized carbons (Fsp3) is 0.400. The minimum absolute atomic E-state index is 0.0389. The third kappa shape index (κ3) is 6.46. The normalized spacial score (nSPS) is 18.9. The van der Waals surface area contributed by atoms with E-state index < -0.39 is 34.9 Å². The van der Waals surface area contributed by atoms with Crippen LogP contribution in [0.2, 0.25) is 4.34 Å². The van der Waals surface area contributed by atoms with E-state index in [1.165, 1.54) is 34.9 Å². The number of rotatable bonds is 13. The molecule has 1 saturated heterocycles. The van der Waals surface area contributed by atoms with Gasteiger partial charge in [-0.15, -0.1) is 11.8 Å². The number of nitrogen functional groups attached to an aromatic ring is 1. The molecule has 0 bridgehead atoms. The topological polar surface area (TPSA) is 235 Å². The van der Waals surface area contributed by atoms with Gasteiger partial charge in [-0.2, -0.15) is 11.8 Å². The summed E-state index contributed by atoms with van der Waals surface area (Å²) >= 11 is 12.5. The number of aliphatic carboxylic acids is 1. The molecular weight excluding hydrogens is 642 g/mol. The number of carboxylic acids is 1. The van der Waals surface area contributed by atoms with Gasteiger partial charge in [0.05, 0.1) is 9.90 Å². The van der Waals surface area contributed by atoms with Gasteiger partial charge in [-0.25, -0.2) is 14.8 Å². The highest BCUT2D eigenvalue weighted by molar-refractivity contribution is 8.07. The van der Waals surface area contributed by atoms with Crippen LogP contribution in [0.3, 0.4) is 0 Å². The zero-order valence-electron chi connectivity index (χ0n) is 20.5. The number of amides is 2. The summed E-state index contributed by atoms with van der Waals surface area (Å²) in [7, 11) is 0. The lowest BCUT2D eigenvalue weighted by Crippen LogP contribution is -2.71. The fourth-order valence-electron chi connectivity index (χ4n) is 3.67. The Bertz CT molecular complexity index is 1370. The average molecular weight is 666 g/mol. The Labute approximate surface area is 253 Å². The van der Waals surface area contributed by atoms with E-state index in [0.717, 1.165) is 31.9 Å². The summed E-state index contributed by atoms with van der Waals surface area (Å²) in [6, 6.07) is -1.05. The Morgan fingerprint density at radius 2 is 2.02 bits per heavy atom. The van der Waals surface area contributed by atoms with Crippen molar-refractivity contribution >= 4 is 103 Å². The summed E-state index contributed by atoms with van der Waals surface area (Å²) in [6.07, 6.45) is 0. The quantitative estimate of drug-likeness (QED) is 0.0521. The van der Waals surface area contributed by atoms with Crippen molar-refractivity contribution in [1.29, 1.82) is 0 Å². The molecule has 2 aromatic rings. The Balaban J connectivity index is 1.53.